The van der Waals surface area contributed by atoms with Crippen LogP contribution in [0.15, 0.2) is 28.5 Å². The van der Waals surface area contributed by atoms with E-state index in [1.54, 1.807) is 11.6 Å². The van der Waals surface area contributed by atoms with E-state index >= 15 is 0 Å². The molecule has 0 fully saturated rings. The molecule has 3 rings (SSSR count). The zero-order valence-electron chi connectivity index (χ0n) is 12.2. The van der Waals surface area contributed by atoms with E-state index in [1.807, 2.05) is 13.0 Å². The molecule has 0 spiro atoms. The monoisotopic (exact) mass is 334 g/mol. The van der Waals surface area contributed by atoms with Crippen molar-refractivity contribution in [3.05, 3.63) is 55.1 Å². The molecule has 22 heavy (non-hydrogen) atoms. The molecule has 0 radical (unpaired) electrons. The van der Waals surface area contributed by atoms with Gasteiger partial charge in [0.25, 0.3) is 5.56 Å². The topological polar surface area (TPSA) is 60.7 Å². The molecule has 0 saturated heterocycles. The van der Waals surface area contributed by atoms with Crippen molar-refractivity contribution in [2.75, 3.05) is 0 Å². The summed E-state index contributed by atoms with van der Waals surface area (Å²) in [6, 6.07) is 3.26. The quantitative estimate of drug-likeness (QED) is 0.688. The number of fused-ring (bicyclic) bond motifs is 1. The van der Waals surface area contributed by atoms with Gasteiger partial charge in [0.05, 0.1) is 5.69 Å². The summed E-state index contributed by atoms with van der Waals surface area (Å²) in [5.41, 5.74) is 1.45. The largest absolute Gasteiger partial charge is 0.455 e. The number of aromatic nitrogens is 2. The van der Waals surface area contributed by atoms with Crippen molar-refractivity contribution in [1.29, 1.82) is 0 Å². The zero-order chi connectivity index (χ0) is 15.7. The number of aryl methyl sites for hydroxylation is 2. The molecule has 114 valence electrons. The highest BCUT2D eigenvalue weighted by Gasteiger charge is 2.14. The maximum Gasteiger partial charge on any atom is 0.348 e. The van der Waals surface area contributed by atoms with Gasteiger partial charge in [0.2, 0.25) is 0 Å². The molecular formula is C15H14N2O3S2. The highest BCUT2D eigenvalue weighted by atomic mass is 32.1. The first kappa shape index (κ1) is 14.9. The molecule has 0 aliphatic carbocycles. The molecule has 0 saturated carbocycles. The molecule has 0 aromatic carbocycles. The van der Waals surface area contributed by atoms with E-state index in [0.29, 0.717) is 15.5 Å². The van der Waals surface area contributed by atoms with E-state index < -0.39 is 0 Å². The number of carbonyl (C=O) groups excluding carboxylic acids is 1. The number of hydrogen-bond donors (Lipinski definition) is 0. The lowest BCUT2D eigenvalue weighted by molar-refractivity contribution is 0.0473. The highest BCUT2D eigenvalue weighted by molar-refractivity contribution is 7.15. The first-order chi connectivity index (χ1) is 10.6. The van der Waals surface area contributed by atoms with Gasteiger partial charge in [0, 0.05) is 22.5 Å². The fourth-order valence-corrected chi connectivity index (χ4v) is 3.89. The van der Waals surface area contributed by atoms with E-state index in [0.717, 1.165) is 16.9 Å². The molecule has 7 heteroatoms. The fourth-order valence-electron chi connectivity index (χ4n) is 2.14. The van der Waals surface area contributed by atoms with Crippen LogP contribution in [-0.2, 0) is 17.8 Å². The second-order valence-corrected chi connectivity index (χ2v) is 6.89. The molecule has 0 aliphatic heterocycles. The van der Waals surface area contributed by atoms with E-state index in [-0.39, 0.29) is 18.1 Å². The van der Waals surface area contributed by atoms with Gasteiger partial charge in [0.1, 0.15) is 11.5 Å². The van der Waals surface area contributed by atoms with Crippen LogP contribution in [0.3, 0.4) is 0 Å². The maximum absolute atomic E-state index is 12.1. The van der Waals surface area contributed by atoms with Gasteiger partial charge >= 0.3 is 5.97 Å². The average Bonchev–Trinajstić information content (AvgIpc) is 3.11. The molecule has 0 atom stereocenters. The number of nitrogens with zero attached hydrogens (tertiary/aromatic N) is 2. The van der Waals surface area contributed by atoms with Gasteiger partial charge in [0.15, 0.2) is 4.96 Å². The Balaban J connectivity index is 1.75. The number of ether oxygens (including phenoxy) is 1. The van der Waals surface area contributed by atoms with E-state index in [9.17, 15) is 9.59 Å². The van der Waals surface area contributed by atoms with Crippen molar-refractivity contribution in [3.8, 4) is 0 Å². The van der Waals surface area contributed by atoms with Crippen LogP contribution in [0.2, 0.25) is 0 Å². The second kappa shape index (κ2) is 6.02. The van der Waals surface area contributed by atoms with Crippen LogP contribution in [0.1, 0.15) is 32.7 Å². The number of carbonyl (C=O) groups is 1. The molecular weight excluding hydrogens is 320 g/mol. The minimum absolute atomic E-state index is 0.000872. The minimum atomic E-state index is -0.374. The number of hydrogen-bond acceptors (Lipinski definition) is 6. The van der Waals surface area contributed by atoms with E-state index in [2.05, 4.69) is 11.9 Å². The fraction of sp³-hybridized carbons (Fsp3) is 0.267. The summed E-state index contributed by atoms with van der Waals surface area (Å²) in [5.74, 6) is -0.374. The van der Waals surface area contributed by atoms with Crippen LogP contribution in [0.25, 0.3) is 4.96 Å². The Morgan fingerprint density at radius 1 is 1.41 bits per heavy atom. The zero-order valence-corrected chi connectivity index (χ0v) is 13.8. The molecule has 5 nitrogen and oxygen atoms in total. The molecule has 0 amide bonds. The Morgan fingerprint density at radius 3 is 2.95 bits per heavy atom. The lowest BCUT2D eigenvalue weighted by Gasteiger charge is -2.03. The molecule has 0 N–H and O–H groups in total. The first-order valence-corrected chi connectivity index (χ1v) is 8.50. The lowest BCUT2D eigenvalue weighted by Crippen LogP contribution is -2.14. The Morgan fingerprint density at radius 2 is 2.23 bits per heavy atom. The van der Waals surface area contributed by atoms with Crippen LogP contribution in [0.5, 0.6) is 0 Å². The van der Waals surface area contributed by atoms with Gasteiger partial charge in [-0.15, -0.1) is 22.7 Å². The van der Waals surface area contributed by atoms with Crippen molar-refractivity contribution in [1.82, 2.24) is 9.38 Å². The Labute approximate surface area is 134 Å². The Kier molecular flexibility index (Phi) is 4.08. The third-order valence-corrected chi connectivity index (χ3v) is 5.14. The van der Waals surface area contributed by atoms with Crippen molar-refractivity contribution in [3.63, 3.8) is 0 Å². The van der Waals surface area contributed by atoms with Crippen molar-refractivity contribution >= 4 is 33.6 Å². The average molecular weight is 334 g/mol. The number of rotatable bonds is 4. The predicted molar refractivity (Wildman–Crippen MR) is 86.9 cm³/mol. The summed E-state index contributed by atoms with van der Waals surface area (Å²) >= 11 is 2.80. The van der Waals surface area contributed by atoms with Crippen LogP contribution in [-0.4, -0.2) is 15.4 Å². The summed E-state index contributed by atoms with van der Waals surface area (Å²) < 4.78 is 6.74. The molecule has 0 aliphatic rings. The summed E-state index contributed by atoms with van der Waals surface area (Å²) in [7, 11) is 0. The van der Waals surface area contributed by atoms with E-state index in [1.165, 1.54) is 33.1 Å². The molecule has 3 aromatic rings. The summed E-state index contributed by atoms with van der Waals surface area (Å²) in [6.45, 7) is 4.05. The maximum atomic E-state index is 12.1. The summed E-state index contributed by atoms with van der Waals surface area (Å²) in [5, 5.41) is 1.79. The van der Waals surface area contributed by atoms with Crippen LogP contribution < -0.4 is 5.56 Å². The number of thiophene rings is 1. The van der Waals surface area contributed by atoms with Crippen LogP contribution >= 0.6 is 22.7 Å². The number of esters is 1. The SMILES string of the molecule is CCc1cc(C(=O)OCc2cc(=O)n3ccsc3n2)sc1C. The van der Waals surface area contributed by atoms with Crippen LogP contribution in [0, 0.1) is 6.92 Å². The van der Waals surface area contributed by atoms with E-state index in [4.69, 9.17) is 4.74 Å². The van der Waals surface area contributed by atoms with Crippen molar-refractivity contribution in [2.24, 2.45) is 0 Å². The standard InChI is InChI=1S/C15H14N2O3S2/c1-3-10-6-12(22-9(10)2)14(19)20-8-11-7-13(18)17-4-5-21-15(17)16-11/h4-7H,3,8H2,1-2H3. The first-order valence-electron chi connectivity index (χ1n) is 6.80. The van der Waals surface area contributed by atoms with Gasteiger partial charge < -0.3 is 4.74 Å². The smallest absolute Gasteiger partial charge is 0.348 e. The van der Waals surface area contributed by atoms with Crippen LogP contribution in [0.4, 0.5) is 0 Å². The van der Waals surface area contributed by atoms with Gasteiger partial charge in [-0.1, -0.05) is 6.92 Å². The van der Waals surface area contributed by atoms with Crippen molar-refractivity contribution in [2.45, 2.75) is 26.9 Å². The number of thiazole rings is 1. The Hall–Kier alpha value is -1.99. The van der Waals surface area contributed by atoms with Gasteiger partial charge in [-0.25, -0.2) is 9.78 Å². The summed E-state index contributed by atoms with van der Waals surface area (Å²) in [6.07, 6.45) is 2.56. The highest BCUT2D eigenvalue weighted by Crippen LogP contribution is 2.23. The molecule has 3 heterocycles. The molecule has 0 bridgehead atoms. The minimum Gasteiger partial charge on any atom is -0.455 e. The van der Waals surface area contributed by atoms with Gasteiger partial charge in [-0.05, 0) is 25.0 Å². The Bertz CT molecular complexity index is 892. The molecule has 3 aromatic heterocycles. The van der Waals surface area contributed by atoms with Gasteiger partial charge in [-0.2, -0.15) is 0 Å². The normalized spacial score (nSPS) is 11.0. The van der Waals surface area contributed by atoms with Crippen molar-refractivity contribution < 1.29 is 9.53 Å². The second-order valence-electron chi connectivity index (χ2n) is 4.76. The lowest BCUT2D eigenvalue weighted by atomic mass is 10.2. The van der Waals surface area contributed by atoms with Gasteiger partial charge in [-0.3, -0.25) is 9.20 Å². The third-order valence-electron chi connectivity index (χ3n) is 3.31. The molecule has 0 unspecified atom stereocenters. The third kappa shape index (κ3) is 2.82. The summed E-state index contributed by atoms with van der Waals surface area (Å²) in [4.78, 5) is 30.6. The predicted octanol–water partition coefficient (Wildman–Crippen LogP) is 3.05.